The lowest BCUT2D eigenvalue weighted by molar-refractivity contribution is -0.116. The molecule has 2 aromatic rings. The molecule has 3 rings (SSSR count). The van der Waals surface area contributed by atoms with E-state index < -0.39 is 0 Å². The summed E-state index contributed by atoms with van der Waals surface area (Å²) in [5.41, 5.74) is 3.28. The molecule has 1 heterocycles. The number of rotatable bonds is 7. The average molecular weight is 337 g/mol. The monoisotopic (exact) mass is 337 g/mol. The van der Waals surface area contributed by atoms with Gasteiger partial charge in [-0.05, 0) is 56.2 Å². The molecule has 0 unspecified atom stereocenters. The van der Waals surface area contributed by atoms with Crippen molar-refractivity contribution in [2.45, 2.75) is 26.2 Å². The lowest BCUT2D eigenvalue weighted by Crippen LogP contribution is -2.27. The van der Waals surface area contributed by atoms with Crippen LogP contribution in [0.1, 0.15) is 26.2 Å². The second kappa shape index (κ2) is 8.56. The molecule has 0 atom stereocenters. The Kier molecular flexibility index (Phi) is 5.94. The second-order valence-corrected chi connectivity index (χ2v) is 6.45. The molecule has 1 aliphatic heterocycles. The number of nitrogens with one attached hydrogen (secondary N) is 1. The Morgan fingerprint density at radius 3 is 2.36 bits per heavy atom. The van der Waals surface area contributed by atoms with Gasteiger partial charge in [0.05, 0.1) is 0 Å². The van der Waals surface area contributed by atoms with Crippen LogP contribution < -0.4 is 15.1 Å². The molecule has 0 spiro atoms. The molecule has 1 N–H and O–H groups in total. The van der Waals surface area contributed by atoms with Crippen LogP contribution in [0.3, 0.4) is 0 Å². The van der Waals surface area contributed by atoms with E-state index in [2.05, 4.69) is 46.3 Å². The lowest BCUT2D eigenvalue weighted by atomic mass is 10.2. The van der Waals surface area contributed by atoms with E-state index in [4.69, 9.17) is 0 Å². The first-order chi connectivity index (χ1) is 12.3. The van der Waals surface area contributed by atoms with Crippen molar-refractivity contribution in [1.82, 2.24) is 0 Å². The molecular weight excluding hydrogens is 310 g/mol. The third-order valence-electron chi connectivity index (χ3n) is 4.73. The average Bonchev–Trinajstić information content (AvgIpc) is 3.18. The molecule has 0 bridgehead atoms. The van der Waals surface area contributed by atoms with Crippen molar-refractivity contribution in [2.24, 2.45) is 0 Å². The smallest absolute Gasteiger partial charge is 0.226 e. The number of hydrogen-bond donors (Lipinski definition) is 1. The molecule has 1 fully saturated rings. The molecule has 4 heteroatoms. The Morgan fingerprint density at radius 1 is 1.04 bits per heavy atom. The fourth-order valence-electron chi connectivity index (χ4n) is 3.30. The maximum Gasteiger partial charge on any atom is 0.226 e. The lowest BCUT2D eigenvalue weighted by Gasteiger charge is -2.22. The van der Waals surface area contributed by atoms with Gasteiger partial charge in [0, 0.05) is 49.7 Å². The Hall–Kier alpha value is -2.49. The first-order valence-corrected chi connectivity index (χ1v) is 9.21. The molecule has 2 aromatic carbocycles. The number of para-hydroxylation sites is 1. The fourth-order valence-corrected chi connectivity index (χ4v) is 3.30. The summed E-state index contributed by atoms with van der Waals surface area (Å²) in [7, 11) is 0. The summed E-state index contributed by atoms with van der Waals surface area (Å²) in [5, 5.41) is 3.01. The molecule has 4 nitrogen and oxygen atoms in total. The van der Waals surface area contributed by atoms with Gasteiger partial charge in [-0.1, -0.05) is 18.2 Å². The zero-order valence-corrected chi connectivity index (χ0v) is 14.9. The van der Waals surface area contributed by atoms with Crippen LogP contribution in [0.2, 0.25) is 0 Å². The first-order valence-electron chi connectivity index (χ1n) is 9.21. The molecule has 1 aliphatic rings. The number of nitrogens with zero attached hydrogens (tertiary/aromatic N) is 2. The van der Waals surface area contributed by atoms with E-state index >= 15 is 0 Å². The Balaban J connectivity index is 1.50. The number of benzene rings is 2. The predicted octanol–water partition coefficient (Wildman–Crippen LogP) is 4.14. The number of amides is 1. The van der Waals surface area contributed by atoms with Crippen LogP contribution in [0.15, 0.2) is 54.6 Å². The van der Waals surface area contributed by atoms with Crippen LogP contribution in [0.5, 0.6) is 0 Å². The van der Waals surface area contributed by atoms with E-state index in [1.54, 1.807) is 0 Å². The van der Waals surface area contributed by atoms with Crippen molar-refractivity contribution in [2.75, 3.05) is 41.3 Å². The van der Waals surface area contributed by atoms with Crippen LogP contribution >= 0.6 is 0 Å². The van der Waals surface area contributed by atoms with Gasteiger partial charge in [-0.25, -0.2) is 0 Å². The van der Waals surface area contributed by atoms with Crippen LogP contribution in [-0.2, 0) is 4.79 Å². The SMILES string of the molecule is CCN(CCC(=O)Nc1ccc(N2CCCC2)cc1)c1ccccc1. The van der Waals surface area contributed by atoms with Crippen molar-refractivity contribution in [3.05, 3.63) is 54.6 Å². The molecule has 0 radical (unpaired) electrons. The number of carbonyl (C=O) groups excluding carboxylic acids is 1. The van der Waals surface area contributed by atoms with Crippen LogP contribution in [0, 0.1) is 0 Å². The minimum Gasteiger partial charge on any atom is -0.372 e. The summed E-state index contributed by atoms with van der Waals surface area (Å²) in [6, 6.07) is 18.4. The van der Waals surface area contributed by atoms with Crippen LogP contribution in [0.25, 0.3) is 0 Å². The topological polar surface area (TPSA) is 35.6 Å². The van der Waals surface area contributed by atoms with E-state index in [-0.39, 0.29) is 5.91 Å². The van der Waals surface area contributed by atoms with Gasteiger partial charge in [0.2, 0.25) is 5.91 Å². The van der Waals surface area contributed by atoms with Gasteiger partial charge in [0.25, 0.3) is 0 Å². The highest BCUT2D eigenvalue weighted by atomic mass is 16.1. The van der Waals surface area contributed by atoms with Gasteiger partial charge in [0.1, 0.15) is 0 Å². The van der Waals surface area contributed by atoms with E-state index in [0.29, 0.717) is 6.42 Å². The fraction of sp³-hybridized carbons (Fsp3) is 0.381. The van der Waals surface area contributed by atoms with Gasteiger partial charge in [0.15, 0.2) is 0 Å². The second-order valence-electron chi connectivity index (χ2n) is 6.45. The summed E-state index contributed by atoms with van der Waals surface area (Å²) in [6.45, 7) is 6.00. The zero-order valence-electron chi connectivity index (χ0n) is 14.9. The number of hydrogen-bond acceptors (Lipinski definition) is 3. The van der Waals surface area contributed by atoms with Gasteiger partial charge >= 0.3 is 0 Å². The zero-order chi connectivity index (χ0) is 17.5. The van der Waals surface area contributed by atoms with Crippen LogP contribution in [-0.4, -0.2) is 32.1 Å². The third kappa shape index (κ3) is 4.75. The maximum atomic E-state index is 12.3. The Bertz CT molecular complexity index is 663. The largest absolute Gasteiger partial charge is 0.372 e. The summed E-state index contributed by atoms with van der Waals surface area (Å²) < 4.78 is 0. The molecule has 25 heavy (non-hydrogen) atoms. The summed E-state index contributed by atoms with van der Waals surface area (Å²) in [4.78, 5) is 16.9. The van der Waals surface area contributed by atoms with Crippen molar-refractivity contribution < 1.29 is 4.79 Å². The minimum atomic E-state index is 0.0586. The van der Waals surface area contributed by atoms with Gasteiger partial charge in [-0.15, -0.1) is 0 Å². The van der Waals surface area contributed by atoms with E-state index in [1.807, 2.05) is 30.3 Å². The standard InChI is InChI=1S/C21H27N3O/c1-2-23(19-8-4-3-5-9-19)17-14-21(25)22-18-10-12-20(13-11-18)24-15-6-7-16-24/h3-5,8-13H,2,6-7,14-17H2,1H3,(H,22,25). The molecule has 0 aliphatic carbocycles. The normalized spacial score (nSPS) is 13.7. The molecule has 0 saturated carbocycles. The van der Waals surface area contributed by atoms with Crippen molar-refractivity contribution in [1.29, 1.82) is 0 Å². The van der Waals surface area contributed by atoms with Gasteiger partial charge in [-0.3, -0.25) is 4.79 Å². The summed E-state index contributed by atoms with van der Waals surface area (Å²) in [6.07, 6.45) is 3.03. The highest BCUT2D eigenvalue weighted by Crippen LogP contribution is 2.22. The van der Waals surface area contributed by atoms with E-state index in [1.165, 1.54) is 18.5 Å². The minimum absolute atomic E-state index is 0.0586. The highest BCUT2D eigenvalue weighted by molar-refractivity contribution is 5.91. The van der Waals surface area contributed by atoms with Gasteiger partial charge in [-0.2, -0.15) is 0 Å². The van der Waals surface area contributed by atoms with Crippen molar-refractivity contribution >= 4 is 23.0 Å². The highest BCUT2D eigenvalue weighted by Gasteiger charge is 2.12. The van der Waals surface area contributed by atoms with Crippen LogP contribution in [0.4, 0.5) is 17.1 Å². The first kappa shape index (κ1) is 17.3. The Morgan fingerprint density at radius 2 is 1.72 bits per heavy atom. The molecule has 132 valence electrons. The summed E-state index contributed by atoms with van der Waals surface area (Å²) >= 11 is 0. The third-order valence-corrected chi connectivity index (χ3v) is 4.73. The molecule has 1 saturated heterocycles. The quantitative estimate of drug-likeness (QED) is 0.825. The number of anilines is 3. The molecule has 1 amide bonds. The molecular formula is C21H27N3O. The van der Waals surface area contributed by atoms with E-state index in [0.717, 1.165) is 37.6 Å². The molecule has 0 aromatic heterocycles. The predicted molar refractivity (Wildman–Crippen MR) is 105 cm³/mol. The maximum absolute atomic E-state index is 12.3. The summed E-state index contributed by atoms with van der Waals surface area (Å²) in [5.74, 6) is 0.0586. The van der Waals surface area contributed by atoms with Gasteiger partial charge < -0.3 is 15.1 Å². The number of carbonyl (C=O) groups is 1. The van der Waals surface area contributed by atoms with E-state index in [9.17, 15) is 4.79 Å². The van der Waals surface area contributed by atoms with Crippen molar-refractivity contribution in [3.63, 3.8) is 0 Å². The van der Waals surface area contributed by atoms with Crippen molar-refractivity contribution in [3.8, 4) is 0 Å². The Labute approximate surface area is 150 Å².